The summed E-state index contributed by atoms with van der Waals surface area (Å²) < 4.78 is 11.1. The number of alkyl carbamates (subject to hydrolysis) is 1. The molecule has 1 heterocycles. The lowest BCUT2D eigenvalue weighted by Crippen LogP contribution is -2.63. The third-order valence-electron chi connectivity index (χ3n) is 12.4. The van der Waals surface area contributed by atoms with Gasteiger partial charge in [-0.15, -0.1) is 0 Å². The van der Waals surface area contributed by atoms with Crippen molar-refractivity contribution in [2.75, 3.05) is 13.1 Å². The first-order valence-corrected chi connectivity index (χ1v) is 18.3. The maximum atomic E-state index is 13.9. The molecule has 46 heavy (non-hydrogen) atoms. The van der Waals surface area contributed by atoms with Crippen molar-refractivity contribution in [1.29, 1.82) is 0 Å². The van der Waals surface area contributed by atoms with Crippen molar-refractivity contribution < 1.29 is 29.0 Å². The first kappa shape index (κ1) is 37.0. The fourth-order valence-corrected chi connectivity index (χ4v) is 10.4. The van der Waals surface area contributed by atoms with Crippen molar-refractivity contribution in [2.45, 2.75) is 157 Å². The summed E-state index contributed by atoms with van der Waals surface area (Å²) in [6.07, 6.45) is 7.18. The number of carbonyl (C=O) groups is 3. The minimum Gasteiger partial charge on any atom is -0.460 e. The lowest BCUT2D eigenvalue weighted by molar-refractivity contribution is -0.176. The van der Waals surface area contributed by atoms with Crippen LogP contribution in [0.4, 0.5) is 4.79 Å². The van der Waals surface area contributed by atoms with E-state index in [-0.39, 0.29) is 46.6 Å². The summed E-state index contributed by atoms with van der Waals surface area (Å²) in [7, 11) is 0. The molecular formula is C38H66N2O6. The third-order valence-corrected chi connectivity index (χ3v) is 12.4. The van der Waals surface area contributed by atoms with Gasteiger partial charge in [0.25, 0.3) is 0 Å². The molecule has 264 valence electrons. The van der Waals surface area contributed by atoms with Gasteiger partial charge in [0.05, 0.1) is 6.10 Å². The Morgan fingerprint density at radius 2 is 1.54 bits per heavy atom. The van der Waals surface area contributed by atoms with Gasteiger partial charge in [-0.05, 0) is 145 Å². The Kier molecular flexibility index (Phi) is 10.9. The van der Waals surface area contributed by atoms with Gasteiger partial charge in [-0.2, -0.15) is 0 Å². The number of hydrogen-bond acceptors (Lipinski definition) is 6. The van der Waals surface area contributed by atoms with Crippen molar-refractivity contribution in [1.82, 2.24) is 10.2 Å². The first-order chi connectivity index (χ1) is 21.1. The number of piperidine rings is 1. The zero-order chi connectivity index (χ0) is 34.4. The average molecular weight is 647 g/mol. The molecule has 1 saturated heterocycles. The van der Waals surface area contributed by atoms with Crippen LogP contribution in [0.3, 0.4) is 0 Å². The molecule has 2 N–H and O–H groups in total. The number of ether oxygens (including phenoxy) is 2. The van der Waals surface area contributed by atoms with E-state index in [0.717, 1.165) is 44.9 Å². The van der Waals surface area contributed by atoms with Gasteiger partial charge < -0.3 is 24.8 Å². The number of aliphatic hydroxyl groups excluding tert-OH is 1. The number of fused-ring (bicyclic) bond motifs is 5. The van der Waals surface area contributed by atoms with Crippen LogP contribution in [0.1, 0.15) is 134 Å². The minimum atomic E-state index is -0.634. The fraction of sp³-hybridized carbons (Fsp3) is 0.921. The topological polar surface area (TPSA) is 105 Å². The monoisotopic (exact) mass is 646 g/mol. The van der Waals surface area contributed by atoms with E-state index >= 15 is 0 Å². The highest BCUT2D eigenvalue weighted by Crippen LogP contribution is 2.67. The second-order valence-electron chi connectivity index (χ2n) is 18.5. The van der Waals surface area contributed by atoms with E-state index in [9.17, 15) is 19.5 Å². The van der Waals surface area contributed by atoms with Crippen molar-refractivity contribution >= 4 is 18.0 Å². The summed E-state index contributed by atoms with van der Waals surface area (Å²) in [6, 6.07) is -0.622. The van der Waals surface area contributed by atoms with Gasteiger partial charge >= 0.3 is 12.1 Å². The van der Waals surface area contributed by atoms with Crippen LogP contribution in [0.5, 0.6) is 0 Å². The molecule has 0 spiro atoms. The van der Waals surface area contributed by atoms with Crippen LogP contribution < -0.4 is 5.32 Å². The molecule has 8 heteroatoms. The largest absolute Gasteiger partial charge is 0.460 e. The molecule has 0 bridgehead atoms. The molecule has 0 unspecified atom stereocenters. The van der Waals surface area contributed by atoms with Crippen molar-refractivity contribution in [2.24, 2.45) is 52.3 Å². The fourth-order valence-electron chi connectivity index (χ4n) is 10.4. The van der Waals surface area contributed by atoms with Crippen LogP contribution in [0.25, 0.3) is 0 Å². The lowest BCUT2D eigenvalue weighted by Gasteiger charge is -2.63. The van der Waals surface area contributed by atoms with Gasteiger partial charge in [0, 0.05) is 19.5 Å². The molecule has 1 aliphatic heterocycles. The van der Waals surface area contributed by atoms with Gasteiger partial charge in [0.2, 0.25) is 5.91 Å². The molecule has 10 atom stereocenters. The number of amides is 2. The van der Waals surface area contributed by atoms with E-state index in [0.29, 0.717) is 49.6 Å². The Labute approximate surface area is 279 Å². The van der Waals surface area contributed by atoms with Gasteiger partial charge in [0.15, 0.2) is 0 Å². The van der Waals surface area contributed by atoms with Crippen molar-refractivity contribution in [3.8, 4) is 0 Å². The van der Waals surface area contributed by atoms with Crippen molar-refractivity contribution in [3.63, 3.8) is 0 Å². The van der Waals surface area contributed by atoms with E-state index in [1.165, 1.54) is 0 Å². The number of likely N-dealkylation sites (tertiary alicyclic amines) is 1. The van der Waals surface area contributed by atoms with Crippen molar-refractivity contribution in [3.05, 3.63) is 0 Å². The molecule has 0 radical (unpaired) electrons. The van der Waals surface area contributed by atoms with E-state index in [1.54, 1.807) is 0 Å². The number of carbonyl (C=O) groups excluding carboxylic acids is 3. The number of esters is 1. The van der Waals surface area contributed by atoms with Crippen LogP contribution in [0.15, 0.2) is 0 Å². The number of aliphatic hydroxyl groups is 1. The predicted octanol–water partition coefficient (Wildman–Crippen LogP) is 7.36. The number of rotatable bonds is 8. The number of nitrogens with one attached hydrogen (secondary N) is 1. The Hall–Kier alpha value is -1.83. The molecule has 2 amide bonds. The highest BCUT2D eigenvalue weighted by atomic mass is 16.6. The number of hydrogen-bond donors (Lipinski definition) is 2. The molecule has 4 rings (SSSR count). The molecule has 8 nitrogen and oxygen atoms in total. The van der Waals surface area contributed by atoms with E-state index < -0.39 is 23.3 Å². The molecule has 0 aromatic rings. The van der Waals surface area contributed by atoms with Gasteiger partial charge in [-0.1, -0.05) is 34.6 Å². The molecule has 3 aliphatic carbocycles. The maximum absolute atomic E-state index is 13.9. The predicted molar refractivity (Wildman–Crippen MR) is 181 cm³/mol. The normalized spacial score (nSPS) is 35.8. The second-order valence-corrected chi connectivity index (χ2v) is 18.5. The quantitative estimate of drug-likeness (QED) is 0.267. The molecule has 3 saturated carbocycles. The van der Waals surface area contributed by atoms with Crippen LogP contribution in [-0.2, 0) is 19.1 Å². The molecule has 0 aromatic heterocycles. The summed E-state index contributed by atoms with van der Waals surface area (Å²) >= 11 is 0. The summed E-state index contributed by atoms with van der Waals surface area (Å²) in [4.78, 5) is 41.0. The smallest absolute Gasteiger partial charge is 0.408 e. The van der Waals surface area contributed by atoms with E-state index in [1.807, 2.05) is 46.4 Å². The molecule has 0 aromatic carbocycles. The van der Waals surface area contributed by atoms with E-state index in [4.69, 9.17) is 9.47 Å². The number of nitrogens with zero attached hydrogens (tertiary/aromatic N) is 1. The summed E-state index contributed by atoms with van der Waals surface area (Å²) in [6.45, 7) is 23.9. The maximum Gasteiger partial charge on any atom is 0.408 e. The van der Waals surface area contributed by atoms with E-state index in [2.05, 4.69) is 39.9 Å². The molecular weight excluding hydrogens is 580 g/mol. The Bertz CT molecular complexity index is 1110. The summed E-state index contributed by atoms with van der Waals surface area (Å²) in [5.74, 6) is 2.53. The van der Waals surface area contributed by atoms with Crippen LogP contribution in [0.2, 0.25) is 0 Å². The third kappa shape index (κ3) is 8.06. The standard InChI is InChI=1S/C38H66N2O6/c1-23(2)20-29(39-34(44)46-36(7,8)9)33(43)40-19-18-37(10)25(22-40)21-30(41)32-27-14-13-26(38(27,11)17-16-28(32)37)24(3)12-15-31(42)45-35(4,5)6/h23-30,32,41H,12-22H2,1-11H3,(H,39,44)/t24-,25-,26-,27+,28+,29+,30+,32+,37+,38-/m1/s1. The van der Waals surface area contributed by atoms with Crippen LogP contribution >= 0.6 is 0 Å². The summed E-state index contributed by atoms with van der Waals surface area (Å²) in [5, 5.41) is 14.7. The minimum absolute atomic E-state index is 0.0338. The van der Waals surface area contributed by atoms with Gasteiger partial charge in [-0.25, -0.2) is 4.79 Å². The lowest BCUT2D eigenvalue weighted by atomic mass is 9.44. The zero-order valence-electron chi connectivity index (χ0n) is 30.9. The highest BCUT2D eigenvalue weighted by Gasteiger charge is 2.63. The Balaban J connectivity index is 1.43. The van der Waals surface area contributed by atoms with Gasteiger partial charge in [0.1, 0.15) is 17.2 Å². The Morgan fingerprint density at radius 3 is 2.15 bits per heavy atom. The summed E-state index contributed by atoms with van der Waals surface area (Å²) in [5.41, 5.74) is -0.837. The molecule has 4 fully saturated rings. The van der Waals surface area contributed by atoms with Gasteiger partial charge in [-0.3, -0.25) is 9.59 Å². The highest BCUT2D eigenvalue weighted by molar-refractivity contribution is 5.86. The first-order valence-electron chi connectivity index (χ1n) is 18.3. The van der Waals surface area contributed by atoms with Crippen LogP contribution in [-0.4, -0.2) is 64.4 Å². The van der Waals surface area contributed by atoms with Crippen LogP contribution in [0, 0.1) is 52.3 Å². The Morgan fingerprint density at radius 1 is 0.913 bits per heavy atom. The average Bonchev–Trinajstić information content (AvgIpc) is 3.26. The zero-order valence-corrected chi connectivity index (χ0v) is 30.9. The SMILES string of the molecule is CC(C)C[C@H](NC(=O)OC(C)(C)C)C(=O)N1CC[C@@]2(C)[C@H](C[C@H](O)[C@@H]3[C@@H]2CC[C@]2(C)[C@@H]([C@H](C)CCC(=O)OC(C)(C)C)CC[C@@H]32)C1. The molecule has 4 aliphatic rings. The second kappa shape index (κ2) is 13.6.